The summed E-state index contributed by atoms with van der Waals surface area (Å²) in [6, 6.07) is -0.764. The van der Waals surface area contributed by atoms with Crippen molar-refractivity contribution >= 4 is 18.0 Å². The second kappa shape index (κ2) is 12.6. The Morgan fingerprint density at radius 3 is 2.50 bits per heavy atom. The van der Waals surface area contributed by atoms with E-state index >= 15 is 0 Å². The van der Waals surface area contributed by atoms with Crippen LogP contribution in [0.1, 0.15) is 44.9 Å². The van der Waals surface area contributed by atoms with Crippen LogP contribution in [-0.4, -0.2) is 44.7 Å². The van der Waals surface area contributed by atoms with Crippen LogP contribution in [0, 0.1) is 0 Å². The van der Waals surface area contributed by atoms with Gasteiger partial charge in [-0.1, -0.05) is 19.3 Å². The molecule has 0 aromatic carbocycles. The Labute approximate surface area is 121 Å². The van der Waals surface area contributed by atoms with Gasteiger partial charge < -0.3 is 21.4 Å². The lowest BCUT2D eigenvalue weighted by Crippen LogP contribution is -2.42. The first-order valence-electron chi connectivity index (χ1n) is 7.26. The van der Waals surface area contributed by atoms with E-state index in [-0.39, 0.29) is 18.2 Å². The fourth-order valence-corrected chi connectivity index (χ4v) is 1.80. The van der Waals surface area contributed by atoms with Gasteiger partial charge in [-0.15, -0.1) is 0 Å². The molecule has 1 atom stereocenters. The van der Waals surface area contributed by atoms with Crippen molar-refractivity contribution < 1.29 is 9.59 Å². The van der Waals surface area contributed by atoms with Crippen LogP contribution >= 0.6 is 0 Å². The Bertz CT molecular complexity index is 306. The van der Waals surface area contributed by atoms with Crippen LogP contribution in [0.3, 0.4) is 0 Å². The number of carbonyl (C=O) groups is 2. The Hall–Kier alpha value is -1.43. The minimum atomic E-state index is -0.764. The fourth-order valence-electron chi connectivity index (χ4n) is 1.80. The Morgan fingerprint density at radius 1 is 1.20 bits per heavy atom. The van der Waals surface area contributed by atoms with Crippen LogP contribution in [0.2, 0.25) is 0 Å². The van der Waals surface area contributed by atoms with Gasteiger partial charge in [-0.3, -0.25) is 9.59 Å². The van der Waals surface area contributed by atoms with Crippen LogP contribution in [0.15, 0.2) is 4.99 Å². The monoisotopic (exact) mass is 284 g/mol. The molecule has 0 aliphatic carbocycles. The third-order valence-electron chi connectivity index (χ3n) is 3.00. The summed E-state index contributed by atoms with van der Waals surface area (Å²) >= 11 is 0. The summed E-state index contributed by atoms with van der Waals surface area (Å²) in [5, 5.41) is 5.21. The van der Waals surface area contributed by atoms with Crippen LogP contribution in [0.25, 0.3) is 0 Å². The average molecular weight is 284 g/mol. The fraction of sp³-hybridized carbons (Fsp3) is 0.786. The minimum absolute atomic E-state index is 0.0377. The third kappa shape index (κ3) is 10.5. The number of unbranched alkanes of at least 4 members (excludes halogenated alkanes) is 5. The van der Waals surface area contributed by atoms with Gasteiger partial charge in [-0.05, 0) is 25.5 Å². The van der Waals surface area contributed by atoms with Gasteiger partial charge in [0.25, 0.3) is 0 Å². The summed E-state index contributed by atoms with van der Waals surface area (Å²) in [7, 11) is 3.30. The van der Waals surface area contributed by atoms with E-state index in [1.807, 2.05) is 6.21 Å². The predicted molar refractivity (Wildman–Crippen MR) is 81.8 cm³/mol. The van der Waals surface area contributed by atoms with Gasteiger partial charge in [0.05, 0.1) is 12.5 Å². The molecule has 1 unspecified atom stereocenters. The van der Waals surface area contributed by atoms with Gasteiger partial charge >= 0.3 is 0 Å². The zero-order valence-electron chi connectivity index (χ0n) is 12.7. The van der Waals surface area contributed by atoms with E-state index in [9.17, 15) is 9.59 Å². The number of hydrogen-bond donors (Lipinski definition) is 3. The molecule has 4 N–H and O–H groups in total. The average Bonchev–Trinajstić information content (AvgIpc) is 2.44. The molecule has 6 heteroatoms. The highest BCUT2D eigenvalue weighted by Gasteiger charge is 2.15. The van der Waals surface area contributed by atoms with Crippen molar-refractivity contribution in [3.8, 4) is 0 Å². The number of rotatable bonds is 11. The summed E-state index contributed by atoms with van der Waals surface area (Å²) in [6.45, 7) is 0.649. The number of aliphatic imine (C=N–C) groups is 1. The van der Waals surface area contributed by atoms with E-state index in [0.717, 1.165) is 19.3 Å². The zero-order chi connectivity index (χ0) is 15.2. The van der Waals surface area contributed by atoms with Gasteiger partial charge in [-0.2, -0.15) is 0 Å². The van der Waals surface area contributed by atoms with Crippen LogP contribution in [0.4, 0.5) is 0 Å². The molecule has 116 valence electrons. The maximum atomic E-state index is 11.5. The molecule has 0 aliphatic rings. The number of carbonyl (C=O) groups excluding carboxylic acids is 2. The third-order valence-corrected chi connectivity index (χ3v) is 3.00. The van der Waals surface area contributed by atoms with E-state index in [1.165, 1.54) is 26.3 Å². The first-order chi connectivity index (χ1) is 9.61. The summed E-state index contributed by atoms with van der Waals surface area (Å²) in [4.78, 5) is 26.6. The lowest BCUT2D eigenvalue weighted by molar-refractivity contribution is -0.127. The number of hydrogen-bond acceptors (Lipinski definition) is 4. The first-order valence-corrected chi connectivity index (χ1v) is 7.26. The van der Waals surface area contributed by atoms with Crippen molar-refractivity contribution in [2.24, 2.45) is 10.7 Å². The lowest BCUT2D eigenvalue weighted by Gasteiger charge is -2.10. The van der Waals surface area contributed by atoms with Gasteiger partial charge in [0.2, 0.25) is 11.8 Å². The van der Waals surface area contributed by atoms with Gasteiger partial charge in [0, 0.05) is 20.6 Å². The highest BCUT2D eigenvalue weighted by atomic mass is 16.2. The van der Waals surface area contributed by atoms with Crippen molar-refractivity contribution in [2.75, 3.05) is 20.6 Å². The molecule has 20 heavy (non-hydrogen) atoms. The van der Waals surface area contributed by atoms with E-state index in [0.29, 0.717) is 6.54 Å². The highest BCUT2D eigenvalue weighted by molar-refractivity contribution is 5.87. The second-order valence-electron chi connectivity index (χ2n) is 4.77. The highest BCUT2D eigenvalue weighted by Crippen LogP contribution is 2.04. The van der Waals surface area contributed by atoms with Gasteiger partial charge in [0.1, 0.15) is 0 Å². The molecule has 0 saturated carbocycles. The van der Waals surface area contributed by atoms with Crippen LogP contribution in [-0.2, 0) is 9.59 Å². The van der Waals surface area contributed by atoms with Crippen molar-refractivity contribution in [3.05, 3.63) is 0 Å². The van der Waals surface area contributed by atoms with Crippen LogP contribution in [0.5, 0.6) is 0 Å². The normalized spacial score (nSPS) is 12.3. The Balaban J connectivity index is 3.42. The van der Waals surface area contributed by atoms with E-state index < -0.39 is 6.04 Å². The van der Waals surface area contributed by atoms with E-state index in [2.05, 4.69) is 15.6 Å². The summed E-state index contributed by atoms with van der Waals surface area (Å²) in [5.74, 6) is -0.476. The molecule has 0 spiro atoms. The minimum Gasteiger partial charge on any atom is -0.358 e. The Kier molecular flexibility index (Phi) is 11.7. The summed E-state index contributed by atoms with van der Waals surface area (Å²) in [6.07, 6.45) is 8.63. The molecule has 0 aliphatic heterocycles. The quantitative estimate of drug-likeness (QED) is 0.383. The van der Waals surface area contributed by atoms with Gasteiger partial charge in [0.15, 0.2) is 0 Å². The van der Waals surface area contributed by atoms with E-state index in [4.69, 9.17) is 5.73 Å². The molecule has 0 saturated heterocycles. The summed E-state index contributed by atoms with van der Waals surface area (Å²) in [5.41, 5.74) is 5.56. The second-order valence-corrected chi connectivity index (χ2v) is 4.77. The van der Waals surface area contributed by atoms with Crippen molar-refractivity contribution in [2.45, 2.75) is 51.0 Å². The Morgan fingerprint density at radius 2 is 1.85 bits per heavy atom. The summed E-state index contributed by atoms with van der Waals surface area (Å²) < 4.78 is 0. The predicted octanol–water partition coefficient (Wildman–Crippen LogP) is 0.607. The molecular weight excluding hydrogens is 256 g/mol. The number of amides is 2. The molecule has 0 rings (SSSR count). The maximum absolute atomic E-state index is 11.5. The standard InChI is InChI=1S/C14H28N4O2/c1-16-9-7-5-3-4-6-8-10-18-13(19)11-12(15)14(20)17-2/h9,12H,3-8,10-11,15H2,1-2H3,(H,17,20)(H,18,19). The molecule has 0 aromatic heterocycles. The molecular formula is C14H28N4O2. The molecule has 0 bridgehead atoms. The lowest BCUT2D eigenvalue weighted by atomic mass is 10.1. The molecule has 0 radical (unpaired) electrons. The van der Waals surface area contributed by atoms with Crippen LogP contribution < -0.4 is 16.4 Å². The van der Waals surface area contributed by atoms with Crippen molar-refractivity contribution in [1.82, 2.24) is 10.6 Å². The number of nitrogens with two attached hydrogens (primary N) is 1. The van der Waals surface area contributed by atoms with E-state index in [1.54, 1.807) is 7.05 Å². The van der Waals surface area contributed by atoms with Gasteiger partial charge in [-0.25, -0.2) is 0 Å². The number of likely N-dealkylation sites (N-methyl/N-ethyl adjacent to an activating group) is 1. The molecule has 0 fully saturated rings. The SMILES string of the molecule is CN=CCCCCCCCNC(=O)CC(N)C(=O)NC. The van der Waals surface area contributed by atoms with Crippen molar-refractivity contribution in [3.63, 3.8) is 0 Å². The maximum Gasteiger partial charge on any atom is 0.237 e. The van der Waals surface area contributed by atoms with Crippen molar-refractivity contribution in [1.29, 1.82) is 0 Å². The number of nitrogens with zero attached hydrogens (tertiary/aromatic N) is 1. The topological polar surface area (TPSA) is 96.6 Å². The molecule has 2 amide bonds. The zero-order valence-corrected chi connectivity index (χ0v) is 12.7. The first kappa shape index (κ1) is 18.6. The number of nitrogens with one attached hydrogen (secondary N) is 2. The molecule has 0 aromatic rings. The smallest absolute Gasteiger partial charge is 0.237 e. The largest absolute Gasteiger partial charge is 0.358 e. The molecule has 6 nitrogen and oxygen atoms in total. The molecule has 0 heterocycles.